The lowest BCUT2D eigenvalue weighted by Crippen LogP contribution is -2.60. The lowest BCUT2D eigenvalue weighted by Gasteiger charge is -2.40. The molecule has 396 valence electrons. The van der Waals surface area contributed by atoms with E-state index in [4.69, 9.17) is 9.47 Å². The Morgan fingerprint density at radius 2 is 0.912 bits per heavy atom. The summed E-state index contributed by atoms with van der Waals surface area (Å²) in [6.45, 7) is 3.74. The van der Waals surface area contributed by atoms with Crippen LogP contribution in [0.2, 0.25) is 0 Å². The number of unbranched alkanes of at least 4 members (excludes halogenated alkanes) is 28. The van der Waals surface area contributed by atoms with Crippen LogP contribution in [0.3, 0.4) is 0 Å². The van der Waals surface area contributed by atoms with E-state index in [0.29, 0.717) is 12.8 Å². The Morgan fingerprint density at radius 3 is 1.35 bits per heavy atom. The first kappa shape index (κ1) is 63.9. The van der Waals surface area contributed by atoms with E-state index in [1.807, 2.05) is 0 Å². The predicted molar refractivity (Wildman–Crippen MR) is 286 cm³/mol. The van der Waals surface area contributed by atoms with Gasteiger partial charge in [-0.05, 0) is 57.8 Å². The van der Waals surface area contributed by atoms with Crippen LogP contribution in [0.15, 0.2) is 60.8 Å². The van der Waals surface area contributed by atoms with E-state index in [-0.39, 0.29) is 12.5 Å². The fourth-order valence-corrected chi connectivity index (χ4v) is 8.90. The number of rotatable bonds is 48. The maximum atomic E-state index is 13.1. The van der Waals surface area contributed by atoms with Gasteiger partial charge in [0.15, 0.2) is 6.29 Å². The third kappa shape index (κ3) is 37.7. The predicted octanol–water partition coefficient (Wildman–Crippen LogP) is 13.9. The molecule has 9 nitrogen and oxygen atoms in total. The summed E-state index contributed by atoms with van der Waals surface area (Å²) >= 11 is 0. The van der Waals surface area contributed by atoms with Crippen LogP contribution >= 0.6 is 0 Å². The van der Waals surface area contributed by atoms with Gasteiger partial charge in [0, 0.05) is 6.42 Å². The first-order valence-corrected chi connectivity index (χ1v) is 28.5. The van der Waals surface area contributed by atoms with Crippen LogP contribution in [0.1, 0.15) is 251 Å². The summed E-state index contributed by atoms with van der Waals surface area (Å²) in [6, 6.07) is -0.729. The Hall–Kier alpha value is -2.11. The monoisotopic (exact) mass is 958 g/mol. The smallest absolute Gasteiger partial charge is 0.220 e. The van der Waals surface area contributed by atoms with Crippen molar-refractivity contribution in [2.24, 2.45) is 0 Å². The Balaban J connectivity index is 2.24. The number of nitrogens with one attached hydrogen (secondary N) is 1. The minimum absolute atomic E-state index is 0.144. The van der Waals surface area contributed by atoms with Gasteiger partial charge in [0.2, 0.25) is 5.91 Å². The fraction of sp³-hybridized carbons (Fsp3) is 0.814. The molecule has 0 aromatic heterocycles. The van der Waals surface area contributed by atoms with Crippen LogP contribution in [-0.2, 0) is 14.3 Å². The van der Waals surface area contributed by atoms with Crippen LogP contribution in [0, 0.1) is 0 Å². The lowest BCUT2D eigenvalue weighted by molar-refractivity contribution is -0.302. The number of hydrogen-bond acceptors (Lipinski definition) is 8. The summed E-state index contributed by atoms with van der Waals surface area (Å²) in [5.41, 5.74) is 0. The highest BCUT2D eigenvalue weighted by atomic mass is 16.7. The van der Waals surface area contributed by atoms with Crippen molar-refractivity contribution in [3.63, 3.8) is 0 Å². The second-order valence-electron chi connectivity index (χ2n) is 19.7. The van der Waals surface area contributed by atoms with Gasteiger partial charge in [0.1, 0.15) is 24.4 Å². The maximum absolute atomic E-state index is 13.1. The van der Waals surface area contributed by atoms with E-state index >= 15 is 0 Å². The largest absolute Gasteiger partial charge is 0.394 e. The molecule has 7 atom stereocenters. The van der Waals surface area contributed by atoms with Crippen LogP contribution in [0.25, 0.3) is 0 Å². The molecular formula is C59H107NO8. The van der Waals surface area contributed by atoms with Crippen LogP contribution < -0.4 is 5.32 Å². The second-order valence-corrected chi connectivity index (χ2v) is 19.7. The van der Waals surface area contributed by atoms with E-state index in [1.165, 1.54) is 141 Å². The molecule has 0 aromatic carbocycles. The fourth-order valence-electron chi connectivity index (χ4n) is 8.90. The minimum atomic E-state index is -1.56. The number of hydrogen-bond donors (Lipinski definition) is 6. The summed E-state index contributed by atoms with van der Waals surface area (Å²) in [6.07, 6.45) is 58.1. The van der Waals surface area contributed by atoms with Gasteiger partial charge in [-0.15, -0.1) is 0 Å². The van der Waals surface area contributed by atoms with Crippen LogP contribution in [0.5, 0.6) is 0 Å². The van der Waals surface area contributed by atoms with Crippen molar-refractivity contribution in [3.05, 3.63) is 60.8 Å². The van der Waals surface area contributed by atoms with Gasteiger partial charge in [-0.25, -0.2) is 0 Å². The number of carbonyl (C=O) groups is 1. The first-order chi connectivity index (χ1) is 33.3. The average molecular weight is 959 g/mol. The molecular weight excluding hydrogens is 851 g/mol. The molecule has 7 unspecified atom stereocenters. The molecule has 1 rings (SSSR count). The van der Waals surface area contributed by atoms with Crippen molar-refractivity contribution < 1.29 is 39.8 Å². The van der Waals surface area contributed by atoms with E-state index < -0.39 is 49.5 Å². The highest BCUT2D eigenvalue weighted by Crippen LogP contribution is 2.23. The molecule has 1 aliphatic heterocycles. The second kappa shape index (κ2) is 48.5. The van der Waals surface area contributed by atoms with Crippen LogP contribution in [-0.4, -0.2) is 87.5 Å². The Kier molecular flexibility index (Phi) is 45.6. The quantitative estimate of drug-likeness (QED) is 0.0261. The molecule has 1 amide bonds. The highest BCUT2D eigenvalue weighted by Gasteiger charge is 2.44. The molecule has 1 heterocycles. The SMILES string of the molecule is CC/C=C\C/C=C\C/C=C\C/C=C\C/C=C\CCCCCCCCCC(=O)NC(COC1OC(CO)C(O)C(O)C1O)C(O)CCCCCCCCCCCCCCCCCCCCCCCC. The first-order valence-electron chi connectivity index (χ1n) is 28.5. The number of ether oxygens (including phenoxy) is 2. The minimum Gasteiger partial charge on any atom is -0.394 e. The molecule has 1 saturated heterocycles. The molecule has 0 spiro atoms. The third-order valence-electron chi connectivity index (χ3n) is 13.4. The van der Waals surface area contributed by atoms with Crippen LogP contribution in [0.4, 0.5) is 0 Å². The van der Waals surface area contributed by atoms with Crippen molar-refractivity contribution in [3.8, 4) is 0 Å². The van der Waals surface area contributed by atoms with Gasteiger partial charge >= 0.3 is 0 Å². The van der Waals surface area contributed by atoms with Gasteiger partial charge in [-0.1, -0.05) is 248 Å². The summed E-state index contributed by atoms with van der Waals surface area (Å²) < 4.78 is 11.3. The van der Waals surface area contributed by atoms with E-state index in [9.17, 15) is 30.3 Å². The normalized spacial score (nSPS) is 20.0. The van der Waals surface area contributed by atoms with Crippen molar-refractivity contribution in [1.82, 2.24) is 5.32 Å². The summed E-state index contributed by atoms with van der Waals surface area (Å²) in [4.78, 5) is 13.1. The molecule has 1 aliphatic rings. The van der Waals surface area contributed by atoms with Crippen molar-refractivity contribution in [1.29, 1.82) is 0 Å². The van der Waals surface area contributed by atoms with Gasteiger partial charge < -0.3 is 40.3 Å². The zero-order chi connectivity index (χ0) is 49.4. The number of amides is 1. The van der Waals surface area contributed by atoms with E-state index in [0.717, 1.165) is 83.5 Å². The van der Waals surface area contributed by atoms with Gasteiger partial charge in [-0.3, -0.25) is 4.79 Å². The van der Waals surface area contributed by atoms with Crippen molar-refractivity contribution >= 4 is 5.91 Å². The van der Waals surface area contributed by atoms with Crippen molar-refractivity contribution in [2.45, 2.75) is 294 Å². The summed E-state index contributed by atoms with van der Waals surface area (Å²) in [5, 5.41) is 54.7. The van der Waals surface area contributed by atoms with Crippen molar-refractivity contribution in [2.75, 3.05) is 13.2 Å². The molecule has 6 N–H and O–H groups in total. The molecule has 0 aliphatic carbocycles. The zero-order valence-electron chi connectivity index (χ0n) is 43.9. The van der Waals surface area contributed by atoms with E-state index in [1.54, 1.807) is 0 Å². The highest BCUT2D eigenvalue weighted by molar-refractivity contribution is 5.76. The molecule has 0 bridgehead atoms. The number of aliphatic hydroxyl groups is 5. The van der Waals surface area contributed by atoms with Gasteiger partial charge in [0.25, 0.3) is 0 Å². The standard InChI is InChI=1S/C59H107NO8/c1-3-5-7-9-11-13-15-17-19-21-23-25-27-29-31-33-35-37-39-41-43-45-47-49-55(63)60-52(51-67-59-58(66)57(65)56(64)54(50-61)68-59)53(62)48-46-44-42-40-38-36-34-32-30-28-26-24-22-20-18-16-14-12-10-8-6-4-2/h5,7,11,13,17,19,23,25,29,31,52-54,56-59,61-62,64-66H,3-4,6,8-10,12,14-16,18,20-22,24,26-28,30,32-51H2,1-2H3,(H,60,63)/b7-5-,13-11-,19-17-,25-23-,31-29-. The summed E-state index contributed by atoms with van der Waals surface area (Å²) in [7, 11) is 0. The van der Waals surface area contributed by atoms with Gasteiger partial charge in [-0.2, -0.15) is 0 Å². The topological polar surface area (TPSA) is 149 Å². The Bertz CT molecular complexity index is 1250. The molecule has 0 aromatic rings. The molecule has 9 heteroatoms. The summed E-state index contributed by atoms with van der Waals surface area (Å²) in [5.74, 6) is -0.155. The average Bonchev–Trinajstić information content (AvgIpc) is 3.34. The molecule has 68 heavy (non-hydrogen) atoms. The number of carbonyl (C=O) groups excluding carboxylic acids is 1. The molecule has 0 saturated carbocycles. The van der Waals surface area contributed by atoms with Gasteiger partial charge in [0.05, 0.1) is 25.4 Å². The Morgan fingerprint density at radius 1 is 0.515 bits per heavy atom. The maximum Gasteiger partial charge on any atom is 0.220 e. The number of aliphatic hydroxyl groups excluding tert-OH is 5. The zero-order valence-corrected chi connectivity index (χ0v) is 43.9. The third-order valence-corrected chi connectivity index (χ3v) is 13.4. The molecule has 1 fully saturated rings. The molecule has 0 radical (unpaired) electrons. The van der Waals surface area contributed by atoms with E-state index in [2.05, 4.69) is 79.9 Å². The number of allylic oxidation sites excluding steroid dienone is 10. The lowest BCUT2D eigenvalue weighted by atomic mass is 9.99. The Labute approximate surface area is 417 Å².